The molecule has 1 saturated carbocycles. The number of nitrogens with zero attached hydrogens (tertiary/aromatic N) is 2. The minimum absolute atomic E-state index is 0.0235. The molecular weight excluding hydrogens is 349 g/mol. The third-order valence-electron chi connectivity index (χ3n) is 4.40. The monoisotopic (exact) mass is 367 g/mol. The molecule has 1 fully saturated rings. The van der Waals surface area contributed by atoms with E-state index in [9.17, 15) is 9.18 Å². The Morgan fingerprint density at radius 2 is 1.81 bits per heavy atom. The minimum atomic E-state index is -0.282. The number of fused-ring (bicyclic) bond motifs is 1. The maximum atomic E-state index is 13.2. The fourth-order valence-corrected chi connectivity index (χ4v) is 3.57. The van der Waals surface area contributed by atoms with Crippen LogP contribution in [0, 0.1) is 11.7 Å². The predicted molar refractivity (Wildman–Crippen MR) is 101 cm³/mol. The molecule has 2 aromatic carbocycles. The quantitative estimate of drug-likeness (QED) is 0.668. The first kappa shape index (κ1) is 17.0. The lowest BCUT2D eigenvalue weighted by molar-refractivity contribution is -0.118. The van der Waals surface area contributed by atoms with Gasteiger partial charge in [0.2, 0.25) is 5.91 Å². The lowest BCUT2D eigenvalue weighted by atomic mass is 10.1. The number of benzene rings is 2. The molecule has 6 heteroatoms. The van der Waals surface area contributed by atoms with Crippen LogP contribution >= 0.6 is 11.8 Å². The first-order chi connectivity index (χ1) is 12.7. The van der Waals surface area contributed by atoms with Crippen molar-refractivity contribution in [3.8, 4) is 11.3 Å². The van der Waals surface area contributed by atoms with Crippen molar-refractivity contribution in [3.63, 3.8) is 0 Å². The number of aromatic nitrogens is 2. The molecule has 0 bridgehead atoms. The Labute approximate surface area is 155 Å². The molecule has 0 atom stereocenters. The molecule has 0 spiro atoms. The Hall–Kier alpha value is -2.47. The molecule has 1 heterocycles. The number of nitrogens with one attached hydrogen (secondary N) is 1. The molecule has 1 N–H and O–H groups in total. The van der Waals surface area contributed by atoms with Crippen molar-refractivity contribution in [2.75, 3.05) is 12.3 Å². The van der Waals surface area contributed by atoms with E-state index in [1.165, 1.54) is 36.7 Å². The number of carbonyl (C=O) groups excluding carboxylic acids is 1. The van der Waals surface area contributed by atoms with Crippen LogP contribution in [0.2, 0.25) is 0 Å². The van der Waals surface area contributed by atoms with Crippen molar-refractivity contribution in [1.82, 2.24) is 15.5 Å². The van der Waals surface area contributed by atoms with Crippen LogP contribution < -0.4 is 5.32 Å². The molecule has 26 heavy (non-hydrogen) atoms. The van der Waals surface area contributed by atoms with Gasteiger partial charge in [-0.15, -0.1) is 10.2 Å². The summed E-state index contributed by atoms with van der Waals surface area (Å²) in [5, 5.41) is 14.2. The van der Waals surface area contributed by atoms with E-state index in [0.717, 1.165) is 27.9 Å². The molecule has 0 radical (unpaired) electrons. The smallest absolute Gasteiger partial charge is 0.230 e. The Bertz CT molecular complexity index is 941. The van der Waals surface area contributed by atoms with Crippen molar-refractivity contribution < 1.29 is 9.18 Å². The van der Waals surface area contributed by atoms with Crippen molar-refractivity contribution >= 4 is 28.4 Å². The average Bonchev–Trinajstić information content (AvgIpc) is 3.50. The number of amides is 1. The van der Waals surface area contributed by atoms with E-state index in [4.69, 9.17) is 0 Å². The topological polar surface area (TPSA) is 54.9 Å². The Morgan fingerprint density at radius 3 is 2.54 bits per heavy atom. The van der Waals surface area contributed by atoms with Crippen molar-refractivity contribution in [2.45, 2.75) is 17.9 Å². The maximum Gasteiger partial charge on any atom is 0.230 e. The molecule has 4 rings (SSSR count). The number of thioether (sulfide) groups is 1. The van der Waals surface area contributed by atoms with Gasteiger partial charge in [-0.05, 0) is 43.0 Å². The number of hydrogen-bond acceptors (Lipinski definition) is 4. The van der Waals surface area contributed by atoms with Crippen LogP contribution in [-0.2, 0) is 4.79 Å². The molecule has 0 saturated heterocycles. The third kappa shape index (κ3) is 3.85. The molecule has 1 aromatic heterocycles. The van der Waals surface area contributed by atoms with E-state index >= 15 is 0 Å². The summed E-state index contributed by atoms with van der Waals surface area (Å²) in [6, 6.07) is 14.1. The van der Waals surface area contributed by atoms with Crippen molar-refractivity contribution in [2.24, 2.45) is 5.92 Å². The lowest BCUT2D eigenvalue weighted by Crippen LogP contribution is -2.27. The zero-order valence-corrected chi connectivity index (χ0v) is 14.9. The highest BCUT2D eigenvalue weighted by Gasteiger charge is 2.21. The summed E-state index contributed by atoms with van der Waals surface area (Å²) in [6.45, 7) is 0.773. The van der Waals surface area contributed by atoms with Crippen LogP contribution in [0.25, 0.3) is 22.0 Å². The zero-order valence-electron chi connectivity index (χ0n) is 14.1. The number of carbonyl (C=O) groups is 1. The van der Waals surface area contributed by atoms with Gasteiger partial charge in [-0.1, -0.05) is 36.0 Å². The summed E-state index contributed by atoms with van der Waals surface area (Å²) < 4.78 is 13.2. The molecule has 1 amide bonds. The maximum absolute atomic E-state index is 13.2. The van der Waals surface area contributed by atoms with Gasteiger partial charge < -0.3 is 5.32 Å². The van der Waals surface area contributed by atoms with E-state index < -0.39 is 0 Å². The predicted octanol–water partition coefficient (Wildman–Crippen LogP) is 4.05. The van der Waals surface area contributed by atoms with Crippen LogP contribution in [-0.4, -0.2) is 28.4 Å². The summed E-state index contributed by atoms with van der Waals surface area (Å²) in [5.74, 6) is 0.728. The number of rotatable bonds is 6. The molecule has 1 aliphatic rings. The highest BCUT2D eigenvalue weighted by Crippen LogP contribution is 2.32. The van der Waals surface area contributed by atoms with Gasteiger partial charge in [0.1, 0.15) is 16.5 Å². The fourth-order valence-electron chi connectivity index (χ4n) is 2.77. The van der Waals surface area contributed by atoms with Gasteiger partial charge in [-0.2, -0.15) is 0 Å². The second-order valence-electron chi connectivity index (χ2n) is 6.44. The lowest BCUT2D eigenvalue weighted by Gasteiger charge is -2.09. The van der Waals surface area contributed by atoms with Gasteiger partial charge in [0.15, 0.2) is 0 Å². The summed E-state index contributed by atoms with van der Waals surface area (Å²) in [4.78, 5) is 12.0. The van der Waals surface area contributed by atoms with Gasteiger partial charge in [0.05, 0.1) is 5.75 Å². The zero-order chi connectivity index (χ0) is 17.9. The summed E-state index contributed by atoms with van der Waals surface area (Å²) in [5.41, 5.74) is 1.52. The average molecular weight is 367 g/mol. The van der Waals surface area contributed by atoms with Crippen LogP contribution in [0.4, 0.5) is 4.39 Å². The number of hydrogen-bond donors (Lipinski definition) is 1. The van der Waals surface area contributed by atoms with Gasteiger partial charge in [0, 0.05) is 22.9 Å². The standard InChI is InChI=1S/C20H18FN3OS/c21-15-9-7-14(8-10-15)19-16-3-1-2-4-17(16)20(24-23-19)26-12-18(25)22-11-13-5-6-13/h1-4,7-10,13H,5-6,11-12H2,(H,22,25). The summed E-state index contributed by atoms with van der Waals surface area (Å²) in [7, 11) is 0. The minimum Gasteiger partial charge on any atom is -0.355 e. The fraction of sp³-hybridized carbons (Fsp3) is 0.250. The molecule has 1 aliphatic carbocycles. The van der Waals surface area contributed by atoms with E-state index in [2.05, 4.69) is 15.5 Å². The van der Waals surface area contributed by atoms with Gasteiger partial charge >= 0.3 is 0 Å². The van der Waals surface area contributed by atoms with Gasteiger partial charge in [-0.3, -0.25) is 4.79 Å². The first-order valence-electron chi connectivity index (χ1n) is 8.61. The van der Waals surface area contributed by atoms with E-state index in [1.807, 2.05) is 24.3 Å². The van der Waals surface area contributed by atoms with Crippen LogP contribution in [0.5, 0.6) is 0 Å². The van der Waals surface area contributed by atoms with Crippen LogP contribution in [0.1, 0.15) is 12.8 Å². The van der Waals surface area contributed by atoms with E-state index in [1.54, 1.807) is 12.1 Å². The van der Waals surface area contributed by atoms with Crippen molar-refractivity contribution in [1.29, 1.82) is 0 Å². The highest BCUT2D eigenvalue weighted by atomic mass is 32.2. The Balaban J connectivity index is 1.57. The molecule has 4 nitrogen and oxygen atoms in total. The largest absolute Gasteiger partial charge is 0.355 e. The molecule has 0 aliphatic heterocycles. The van der Waals surface area contributed by atoms with E-state index in [-0.39, 0.29) is 11.7 Å². The molecule has 132 valence electrons. The first-order valence-corrected chi connectivity index (χ1v) is 9.60. The molecule has 3 aromatic rings. The normalized spacial score (nSPS) is 13.7. The SMILES string of the molecule is O=C(CSc1nnc(-c2ccc(F)cc2)c2ccccc12)NCC1CC1. The summed E-state index contributed by atoms with van der Waals surface area (Å²) in [6.07, 6.45) is 2.43. The molecule has 0 unspecified atom stereocenters. The van der Waals surface area contributed by atoms with Gasteiger partial charge in [-0.25, -0.2) is 4.39 Å². The third-order valence-corrected chi connectivity index (χ3v) is 5.38. The van der Waals surface area contributed by atoms with Crippen molar-refractivity contribution in [3.05, 3.63) is 54.3 Å². The Morgan fingerprint density at radius 1 is 1.08 bits per heavy atom. The highest BCUT2D eigenvalue weighted by molar-refractivity contribution is 8.00. The van der Waals surface area contributed by atoms with Crippen LogP contribution in [0.15, 0.2) is 53.6 Å². The van der Waals surface area contributed by atoms with Gasteiger partial charge in [0.25, 0.3) is 0 Å². The second kappa shape index (κ2) is 7.41. The molecular formula is C20H18FN3OS. The Kier molecular flexibility index (Phi) is 4.84. The number of halogens is 1. The van der Waals surface area contributed by atoms with Crippen LogP contribution in [0.3, 0.4) is 0 Å². The summed E-state index contributed by atoms with van der Waals surface area (Å²) >= 11 is 1.39. The second-order valence-corrected chi connectivity index (χ2v) is 7.41. The van der Waals surface area contributed by atoms with E-state index in [0.29, 0.717) is 17.4 Å².